The number of hydrogen-bond acceptors (Lipinski definition) is 8. The van der Waals surface area contributed by atoms with Gasteiger partial charge in [0.25, 0.3) is 5.91 Å². The predicted molar refractivity (Wildman–Crippen MR) is 74.3 cm³/mol. The van der Waals surface area contributed by atoms with Crippen LogP contribution >= 0.6 is 0 Å². The molecule has 0 aromatic carbocycles. The molecule has 0 spiro atoms. The predicted octanol–water partition coefficient (Wildman–Crippen LogP) is -4.31. The lowest BCUT2D eigenvalue weighted by Gasteiger charge is -2.34. The molecule has 12 nitrogen and oxygen atoms in total. The minimum atomic E-state index is -2.52. The second-order valence-electron chi connectivity index (χ2n) is 5.05. The van der Waals surface area contributed by atoms with Gasteiger partial charge in [-0.3, -0.25) is 9.59 Å². The average Bonchev–Trinajstić information content (AvgIpc) is 2.51. The van der Waals surface area contributed by atoms with E-state index in [-0.39, 0.29) is 4.90 Å². The number of primary amides is 1. The molecule has 0 heterocycles. The number of aliphatic carboxylic acids is 2. The molecule has 0 aliphatic rings. The lowest BCUT2D eigenvalue weighted by molar-refractivity contribution is -0.171. The molecule has 6 atom stereocenters. The Kier molecular flexibility index (Phi) is 7.73. The zero-order valence-corrected chi connectivity index (χ0v) is 12.8. The van der Waals surface area contributed by atoms with E-state index < -0.39 is 60.3 Å². The number of carbonyl (C=O) groups is 4. The van der Waals surface area contributed by atoms with Gasteiger partial charge in [0.15, 0.2) is 12.2 Å². The number of amides is 2. The standard InChI is InChI=1S/C12H20N2O10/c1-3(11(21)22)14(4(2)12(23)24)10(20)8(18)6(16)5(15)7(17)9(13)19/h3-8,15-18H,1-2H3,(H2,13,19)(H,21,22)(H,23,24)/t3-,4-,5-,6-,7-,8+/m0/s1. The van der Waals surface area contributed by atoms with Crippen LogP contribution in [-0.4, -0.2) is 95.8 Å². The summed E-state index contributed by atoms with van der Waals surface area (Å²) < 4.78 is 0. The van der Waals surface area contributed by atoms with Crippen molar-refractivity contribution in [1.29, 1.82) is 0 Å². The molecular formula is C12H20N2O10. The van der Waals surface area contributed by atoms with Gasteiger partial charge >= 0.3 is 11.9 Å². The van der Waals surface area contributed by atoms with Crippen molar-refractivity contribution < 1.29 is 49.8 Å². The van der Waals surface area contributed by atoms with E-state index in [0.29, 0.717) is 0 Å². The van der Waals surface area contributed by atoms with Gasteiger partial charge in [-0.25, -0.2) is 9.59 Å². The third kappa shape index (κ3) is 4.86. The van der Waals surface area contributed by atoms with Crippen molar-refractivity contribution in [3.8, 4) is 0 Å². The summed E-state index contributed by atoms with van der Waals surface area (Å²) in [5, 5.41) is 56.0. The third-order valence-corrected chi connectivity index (χ3v) is 3.35. The largest absolute Gasteiger partial charge is 0.480 e. The molecule has 138 valence electrons. The second-order valence-corrected chi connectivity index (χ2v) is 5.05. The molecule has 24 heavy (non-hydrogen) atoms. The number of nitrogens with zero attached hydrogens (tertiary/aromatic N) is 1. The summed E-state index contributed by atoms with van der Waals surface area (Å²) in [5.74, 6) is -6.16. The van der Waals surface area contributed by atoms with Crippen LogP contribution in [0.3, 0.4) is 0 Å². The minimum absolute atomic E-state index is 0.266. The summed E-state index contributed by atoms with van der Waals surface area (Å²) in [7, 11) is 0. The number of aliphatic hydroxyl groups is 4. The summed E-state index contributed by atoms with van der Waals surface area (Å²) in [6.07, 6.45) is -9.62. The number of carboxylic acid groups (broad SMARTS) is 2. The quantitative estimate of drug-likeness (QED) is 0.211. The Labute approximate surface area is 135 Å². The topological polar surface area (TPSA) is 219 Å². The highest BCUT2D eigenvalue weighted by Crippen LogP contribution is 2.14. The first kappa shape index (κ1) is 21.7. The number of aliphatic hydroxyl groups excluding tert-OH is 4. The lowest BCUT2D eigenvalue weighted by Crippen LogP contribution is -2.59. The fraction of sp³-hybridized carbons (Fsp3) is 0.667. The van der Waals surface area contributed by atoms with Crippen LogP contribution in [0.2, 0.25) is 0 Å². The van der Waals surface area contributed by atoms with Gasteiger partial charge in [-0.2, -0.15) is 0 Å². The first-order valence-corrected chi connectivity index (χ1v) is 6.63. The van der Waals surface area contributed by atoms with Crippen LogP contribution in [0.5, 0.6) is 0 Å². The third-order valence-electron chi connectivity index (χ3n) is 3.35. The van der Waals surface area contributed by atoms with Crippen LogP contribution in [0.15, 0.2) is 0 Å². The van der Waals surface area contributed by atoms with E-state index in [1.807, 2.05) is 0 Å². The Morgan fingerprint density at radius 2 is 1.12 bits per heavy atom. The first-order valence-electron chi connectivity index (χ1n) is 6.63. The fourth-order valence-electron chi connectivity index (χ4n) is 1.80. The molecule has 0 aromatic heterocycles. The zero-order valence-electron chi connectivity index (χ0n) is 12.8. The summed E-state index contributed by atoms with van der Waals surface area (Å²) in [5.41, 5.74) is 4.69. The maximum atomic E-state index is 12.2. The number of carbonyl (C=O) groups excluding carboxylic acids is 2. The van der Waals surface area contributed by atoms with Crippen molar-refractivity contribution in [2.24, 2.45) is 5.73 Å². The van der Waals surface area contributed by atoms with Gasteiger partial charge in [0.1, 0.15) is 24.3 Å². The van der Waals surface area contributed by atoms with Crippen molar-refractivity contribution in [1.82, 2.24) is 4.90 Å². The molecule has 0 unspecified atom stereocenters. The molecule has 0 fully saturated rings. The molecular weight excluding hydrogens is 332 g/mol. The van der Waals surface area contributed by atoms with E-state index in [1.54, 1.807) is 0 Å². The summed E-state index contributed by atoms with van der Waals surface area (Å²) in [6.45, 7) is 1.93. The molecule has 0 aliphatic carbocycles. The van der Waals surface area contributed by atoms with E-state index in [9.17, 15) is 39.6 Å². The number of carboxylic acids is 2. The van der Waals surface area contributed by atoms with Gasteiger partial charge in [-0.05, 0) is 13.8 Å². The molecule has 0 aromatic rings. The van der Waals surface area contributed by atoms with Crippen LogP contribution in [0.1, 0.15) is 13.8 Å². The molecule has 0 bridgehead atoms. The highest BCUT2D eigenvalue weighted by atomic mass is 16.4. The van der Waals surface area contributed by atoms with Gasteiger partial charge in [-0.15, -0.1) is 0 Å². The normalized spacial score (nSPS) is 18.6. The van der Waals surface area contributed by atoms with Gasteiger partial charge in [0, 0.05) is 0 Å². The first-order chi connectivity index (χ1) is 10.8. The van der Waals surface area contributed by atoms with Crippen LogP contribution in [0.4, 0.5) is 0 Å². The van der Waals surface area contributed by atoms with Gasteiger partial charge < -0.3 is 41.3 Å². The smallest absolute Gasteiger partial charge is 0.326 e. The molecule has 0 aliphatic heterocycles. The number of nitrogens with two attached hydrogens (primary N) is 1. The Morgan fingerprint density at radius 1 is 0.792 bits per heavy atom. The molecule has 12 heteroatoms. The van der Waals surface area contributed by atoms with Crippen LogP contribution in [0, 0.1) is 0 Å². The number of rotatable bonds is 9. The maximum Gasteiger partial charge on any atom is 0.326 e. The molecule has 0 rings (SSSR count). The van der Waals surface area contributed by atoms with E-state index in [4.69, 9.17) is 15.9 Å². The highest BCUT2D eigenvalue weighted by Gasteiger charge is 2.42. The maximum absolute atomic E-state index is 12.2. The number of hydrogen-bond donors (Lipinski definition) is 7. The van der Waals surface area contributed by atoms with Gasteiger partial charge in [-0.1, -0.05) is 0 Å². The van der Waals surface area contributed by atoms with E-state index >= 15 is 0 Å². The average molecular weight is 352 g/mol. The molecule has 0 radical (unpaired) electrons. The lowest BCUT2D eigenvalue weighted by atomic mass is 10.0. The Morgan fingerprint density at radius 3 is 1.42 bits per heavy atom. The van der Waals surface area contributed by atoms with Crippen LogP contribution < -0.4 is 5.73 Å². The monoisotopic (exact) mass is 352 g/mol. The van der Waals surface area contributed by atoms with Crippen molar-refractivity contribution in [2.45, 2.75) is 50.3 Å². The Bertz CT molecular complexity index is 490. The summed E-state index contributed by atoms with van der Waals surface area (Å²) in [4.78, 5) is 45.2. The van der Waals surface area contributed by atoms with Crippen LogP contribution in [-0.2, 0) is 19.2 Å². The van der Waals surface area contributed by atoms with Crippen molar-refractivity contribution in [3.63, 3.8) is 0 Å². The highest BCUT2D eigenvalue weighted by molar-refractivity contribution is 5.90. The van der Waals surface area contributed by atoms with Gasteiger partial charge in [0.05, 0.1) is 0 Å². The van der Waals surface area contributed by atoms with E-state index in [0.717, 1.165) is 13.8 Å². The molecule has 2 amide bonds. The van der Waals surface area contributed by atoms with Crippen molar-refractivity contribution in [2.75, 3.05) is 0 Å². The molecule has 8 N–H and O–H groups in total. The second kappa shape index (κ2) is 8.54. The molecule has 0 saturated carbocycles. The molecule has 0 saturated heterocycles. The van der Waals surface area contributed by atoms with E-state index in [1.165, 1.54) is 0 Å². The van der Waals surface area contributed by atoms with Crippen LogP contribution in [0.25, 0.3) is 0 Å². The SMILES string of the molecule is C[C@@H](C(=O)O)N(C(=O)[C@H](O)[C@@H](O)[C@H](O)[C@H](O)C(N)=O)[C@@H](C)C(=O)O. The van der Waals surface area contributed by atoms with E-state index in [2.05, 4.69) is 0 Å². The minimum Gasteiger partial charge on any atom is -0.480 e. The van der Waals surface area contributed by atoms with Crippen molar-refractivity contribution >= 4 is 23.8 Å². The zero-order chi connectivity index (χ0) is 19.4. The Balaban J connectivity index is 5.51. The fourth-order valence-corrected chi connectivity index (χ4v) is 1.80. The summed E-state index contributed by atoms with van der Waals surface area (Å²) >= 11 is 0. The van der Waals surface area contributed by atoms with Crippen molar-refractivity contribution in [3.05, 3.63) is 0 Å². The van der Waals surface area contributed by atoms with Gasteiger partial charge in [0.2, 0.25) is 5.91 Å². The Hall–Kier alpha value is -2.28. The summed E-state index contributed by atoms with van der Waals surface area (Å²) in [6, 6.07) is -3.38.